The van der Waals surface area contributed by atoms with Gasteiger partial charge in [0.25, 0.3) is 0 Å². The zero-order valence-corrected chi connectivity index (χ0v) is 13.6. The summed E-state index contributed by atoms with van der Waals surface area (Å²) in [5.74, 6) is 0.760. The zero-order valence-electron chi connectivity index (χ0n) is 13.6. The van der Waals surface area contributed by atoms with E-state index in [0.717, 1.165) is 12.0 Å². The highest BCUT2D eigenvalue weighted by Gasteiger charge is 2.19. The van der Waals surface area contributed by atoms with E-state index in [1.807, 2.05) is 0 Å². The Hall–Kier alpha value is -0.120. The van der Waals surface area contributed by atoms with Gasteiger partial charge in [0.15, 0.2) is 0 Å². The van der Waals surface area contributed by atoms with Crippen molar-refractivity contribution in [3.05, 3.63) is 0 Å². The van der Waals surface area contributed by atoms with Crippen molar-refractivity contribution < 1.29 is 0 Å². The van der Waals surface area contributed by atoms with Crippen molar-refractivity contribution in [2.45, 2.75) is 65.5 Å². The molecular formula is C16H35N3. The molecule has 1 fully saturated rings. The van der Waals surface area contributed by atoms with E-state index in [1.54, 1.807) is 0 Å². The Balaban J connectivity index is 2.39. The summed E-state index contributed by atoms with van der Waals surface area (Å²) in [7, 11) is 0. The van der Waals surface area contributed by atoms with Gasteiger partial charge in [-0.05, 0) is 44.7 Å². The monoisotopic (exact) mass is 269 g/mol. The van der Waals surface area contributed by atoms with E-state index in [0.29, 0.717) is 6.04 Å². The molecule has 114 valence electrons. The van der Waals surface area contributed by atoms with Crippen LogP contribution in [-0.4, -0.2) is 54.6 Å². The lowest BCUT2D eigenvalue weighted by molar-refractivity contribution is 0.127. The second-order valence-electron chi connectivity index (χ2n) is 6.54. The Kier molecular flexibility index (Phi) is 7.96. The molecule has 0 aromatic rings. The van der Waals surface area contributed by atoms with E-state index >= 15 is 0 Å². The second kappa shape index (κ2) is 8.93. The molecule has 1 rings (SSSR count). The smallest absolute Gasteiger partial charge is 0.0112 e. The third-order valence-electron chi connectivity index (χ3n) is 4.39. The molecule has 0 aliphatic carbocycles. The highest BCUT2D eigenvalue weighted by molar-refractivity contribution is 4.77. The Morgan fingerprint density at radius 2 is 1.74 bits per heavy atom. The lowest BCUT2D eigenvalue weighted by atomic mass is 10.1. The maximum Gasteiger partial charge on any atom is 0.0112 e. The lowest BCUT2D eigenvalue weighted by Gasteiger charge is -2.36. The Bertz CT molecular complexity index is 218. The molecule has 0 saturated carbocycles. The quantitative estimate of drug-likeness (QED) is 0.735. The van der Waals surface area contributed by atoms with Crippen molar-refractivity contribution in [1.82, 2.24) is 9.80 Å². The van der Waals surface area contributed by atoms with Crippen molar-refractivity contribution in [2.75, 3.05) is 32.7 Å². The highest BCUT2D eigenvalue weighted by atomic mass is 15.2. The van der Waals surface area contributed by atoms with E-state index in [4.69, 9.17) is 5.73 Å². The Morgan fingerprint density at radius 3 is 2.21 bits per heavy atom. The predicted molar refractivity (Wildman–Crippen MR) is 84.4 cm³/mol. The summed E-state index contributed by atoms with van der Waals surface area (Å²) in [6.45, 7) is 15.4. The van der Waals surface area contributed by atoms with Crippen LogP contribution in [0.1, 0.15) is 53.4 Å². The van der Waals surface area contributed by atoms with Crippen LogP contribution >= 0.6 is 0 Å². The number of hydrogen-bond donors (Lipinski definition) is 1. The molecule has 0 amide bonds. The molecule has 0 atom stereocenters. The molecule has 0 aromatic carbocycles. The molecule has 3 heteroatoms. The summed E-state index contributed by atoms with van der Waals surface area (Å²) in [6.07, 6.45) is 4.90. The van der Waals surface area contributed by atoms with E-state index in [2.05, 4.69) is 37.5 Å². The Morgan fingerprint density at radius 1 is 1.16 bits per heavy atom. The molecule has 3 nitrogen and oxygen atoms in total. The van der Waals surface area contributed by atoms with Gasteiger partial charge in [0, 0.05) is 31.7 Å². The number of hydrogen-bond acceptors (Lipinski definition) is 3. The van der Waals surface area contributed by atoms with Gasteiger partial charge in [-0.1, -0.05) is 27.7 Å². The molecule has 0 bridgehead atoms. The first-order chi connectivity index (χ1) is 9.06. The number of piperidine rings is 1. The van der Waals surface area contributed by atoms with Crippen molar-refractivity contribution in [3.63, 3.8) is 0 Å². The number of nitrogens with two attached hydrogens (primary N) is 1. The fraction of sp³-hybridized carbons (Fsp3) is 1.00. The van der Waals surface area contributed by atoms with E-state index in [9.17, 15) is 0 Å². The maximum atomic E-state index is 5.97. The molecular weight excluding hydrogens is 234 g/mol. The van der Waals surface area contributed by atoms with Gasteiger partial charge in [-0.15, -0.1) is 0 Å². The second-order valence-corrected chi connectivity index (χ2v) is 6.54. The van der Waals surface area contributed by atoms with Crippen molar-refractivity contribution in [1.29, 1.82) is 0 Å². The third kappa shape index (κ3) is 6.24. The van der Waals surface area contributed by atoms with Crippen LogP contribution in [0, 0.1) is 5.92 Å². The van der Waals surface area contributed by atoms with Crippen LogP contribution < -0.4 is 5.73 Å². The van der Waals surface area contributed by atoms with Gasteiger partial charge in [0.05, 0.1) is 0 Å². The molecule has 0 radical (unpaired) electrons. The van der Waals surface area contributed by atoms with Gasteiger partial charge in [-0.2, -0.15) is 0 Å². The average Bonchev–Trinajstić information content (AvgIpc) is 2.38. The van der Waals surface area contributed by atoms with Crippen LogP contribution in [0.15, 0.2) is 0 Å². The molecule has 0 unspecified atom stereocenters. The lowest BCUT2D eigenvalue weighted by Crippen LogP contribution is -2.46. The van der Waals surface area contributed by atoms with Gasteiger partial charge in [0.1, 0.15) is 0 Å². The molecule has 1 aliphatic heterocycles. The van der Waals surface area contributed by atoms with E-state index < -0.39 is 0 Å². The Labute approximate surface area is 120 Å². The largest absolute Gasteiger partial charge is 0.328 e. The first kappa shape index (κ1) is 16.9. The van der Waals surface area contributed by atoms with Crippen LogP contribution in [0.25, 0.3) is 0 Å². The normalized spacial score (nSPS) is 18.9. The first-order valence-electron chi connectivity index (χ1n) is 8.28. The minimum atomic E-state index is 0.446. The van der Waals surface area contributed by atoms with Gasteiger partial charge >= 0.3 is 0 Å². The van der Waals surface area contributed by atoms with Crippen LogP contribution in [0.2, 0.25) is 0 Å². The SMILES string of the molecule is CCC(CC)N(CCN1CCC(N)CC1)CC(C)C. The van der Waals surface area contributed by atoms with Gasteiger partial charge in [-0.3, -0.25) is 4.90 Å². The van der Waals surface area contributed by atoms with Gasteiger partial charge in [-0.25, -0.2) is 0 Å². The molecule has 1 aliphatic rings. The van der Waals surface area contributed by atoms with Gasteiger partial charge < -0.3 is 10.6 Å². The van der Waals surface area contributed by atoms with Gasteiger partial charge in [0.2, 0.25) is 0 Å². The third-order valence-corrected chi connectivity index (χ3v) is 4.39. The molecule has 0 spiro atoms. The highest BCUT2D eigenvalue weighted by Crippen LogP contribution is 2.13. The number of rotatable bonds is 8. The summed E-state index contributed by atoms with van der Waals surface area (Å²) in [4.78, 5) is 5.30. The first-order valence-corrected chi connectivity index (χ1v) is 8.28. The van der Waals surface area contributed by atoms with Crippen molar-refractivity contribution >= 4 is 0 Å². The molecule has 2 N–H and O–H groups in total. The standard InChI is InChI=1S/C16H35N3/c1-5-16(6-2)19(13-14(3)4)12-11-18-9-7-15(17)8-10-18/h14-16H,5-13,17H2,1-4H3. The van der Waals surface area contributed by atoms with E-state index in [1.165, 1.54) is 58.4 Å². The minimum Gasteiger partial charge on any atom is -0.328 e. The number of nitrogens with zero attached hydrogens (tertiary/aromatic N) is 2. The number of likely N-dealkylation sites (tertiary alicyclic amines) is 1. The summed E-state index contributed by atoms with van der Waals surface area (Å²) >= 11 is 0. The molecule has 1 heterocycles. The van der Waals surface area contributed by atoms with Crippen molar-refractivity contribution in [3.8, 4) is 0 Å². The predicted octanol–water partition coefficient (Wildman–Crippen LogP) is 2.56. The minimum absolute atomic E-state index is 0.446. The fourth-order valence-electron chi connectivity index (χ4n) is 3.14. The summed E-state index contributed by atoms with van der Waals surface area (Å²) in [5, 5.41) is 0. The molecule has 19 heavy (non-hydrogen) atoms. The summed E-state index contributed by atoms with van der Waals surface area (Å²) in [6, 6.07) is 1.21. The topological polar surface area (TPSA) is 32.5 Å². The van der Waals surface area contributed by atoms with Crippen molar-refractivity contribution in [2.24, 2.45) is 11.7 Å². The van der Waals surface area contributed by atoms with Crippen LogP contribution in [-0.2, 0) is 0 Å². The average molecular weight is 269 g/mol. The van der Waals surface area contributed by atoms with Crippen LogP contribution in [0.3, 0.4) is 0 Å². The van der Waals surface area contributed by atoms with E-state index in [-0.39, 0.29) is 0 Å². The molecule has 0 aromatic heterocycles. The van der Waals surface area contributed by atoms with Crippen LogP contribution in [0.4, 0.5) is 0 Å². The fourth-order valence-corrected chi connectivity index (χ4v) is 3.14. The summed E-state index contributed by atoms with van der Waals surface area (Å²) < 4.78 is 0. The summed E-state index contributed by atoms with van der Waals surface area (Å²) in [5.41, 5.74) is 5.97. The zero-order chi connectivity index (χ0) is 14.3. The maximum absolute atomic E-state index is 5.97. The van der Waals surface area contributed by atoms with Crippen LogP contribution in [0.5, 0.6) is 0 Å². The molecule has 1 saturated heterocycles.